The zero-order valence-electron chi connectivity index (χ0n) is 20.7. The molecule has 0 aromatic heterocycles. The maximum absolute atomic E-state index is 13.2. The summed E-state index contributed by atoms with van der Waals surface area (Å²) in [5, 5.41) is 10.4. The first-order valence-corrected chi connectivity index (χ1v) is 12.7. The Morgan fingerprint density at radius 3 is 1.75 bits per heavy atom. The Hall–Kier alpha value is -3.10. The van der Waals surface area contributed by atoms with Gasteiger partial charge in [0.25, 0.3) is 0 Å². The lowest BCUT2D eigenvalue weighted by Crippen LogP contribution is -2.40. The number of alkyl halides is 3. The Kier molecular flexibility index (Phi) is 8.16. The number of benzene rings is 3. The molecular formula is C31H33F3N2. The second kappa shape index (κ2) is 11.3. The summed E-state index contributed by atoms with van der Waals surface area (Å²) in [6.07, 6.45) is -0.0143. The minimum atomic E-state index is -4.38. The predicted octanol–water partition coefficient (Wildman–Crippen LogP) is 8.14. The molecule has 0 N–H and O–H groups in total. The zero-order chi connectivity index (χ0) is 25.6. The van der Waals surface area contributed by atoms with Crippen LogP contribution < -0.4 is 0 Å². The largest absolute Gasteiger partial charge is 0.416 e. The summed E-state index contributed by atoms with van der Waals surface area (Å²) in [6.45, 7) is 3.78. The smallest absolute Gasteiger partial charge is 0.292 e. The molecule has 0 spiro atoms. The number of rotatable bonds is 10. The topological polar surface area (TPSA) is 27.0 Å². The summed E-state index contributed by atoms with van der Waals surface area (Å²) in [4.78, 5) is 2.43. The van der Waals surface area contributed by atoms with E-state index in [0.717, 1.165) is 50.9 Å². The van der Waals surface area contributed by atoms with Crippen LogP contribution in [0.25, 0.3) is 0 Å². The first-order valence-electron chi connectivity index (χ1n) is 12.7. The lowest BCUT2D eigenvalue weighted by molar-refractivity contribution is -0.137. The van der Waals surface area contributed by atoms with Gasteiger partial charge in [0.2, 0.25) is 0 Å². The van der Waals surface area contributed by atoms with E-state index >= 15 is 0 Å². The van der Waals surface area contributed by atoms with Crippen LogP contribution in [0.2, 0.25) is 0 Å². The molecule has 3 aromatic rings. The van der Waals surface area contributed by atoms with Gasteiger partial charge in [-0.25, -0.2) is 0 Å². The highest BCUT2D eigenvalue weighted by Gasteiger charge is 2.44. The molecule has 5 heteroatoms. The van der Waals surface area contributed by atoms with Crippen LogP contribution in [0, 0.1) is 17.2 Å². The summed E-state index contributed by atoms with van der Waals surface area (Å²) in [6, 6.07) is 28.8. The van der Waals surface area contributed by atoms with Gasteiger partial charge in [0.05, 0.1) is 17.0 Å². The maximum Gasteiger partial charge on any atom is 0.416 e. The van der Waals surface area contributed by atoms with Gasteiger partial charge in [0.15, 0.2) is 0 Å². The number of nitrogens with zero attached hydrogens (tertiary/aromatic N) is 2. The van der Waals surface area contributed by atoms with E-state index in [1.165, 1.54) is 23.3 Å². The van der Waals surface area contributed by atoms with Crippen molar-refractivity contribution in [2.24, 2.45) is 5.92 Å². The fraction of sp³-hybridized carbons (Fsp3) is 0.387. The van der Waals surface area contributed by atoms with Gasteiger partial charge in [-0.1, -0.05) is 79.2 Å². The van der Waals surface area contributed by atoms with Crippen LogP contribution in [-0.4, -0.2) is 10.9 Å². The van der Waals surface area contributed by atoms with Gasteiger partial charge in [-0.05, 0) is 67.3 Å². The first kappa shape index (κ1) is 26.0. The normalized spacial score (nSPS) is 16.7. The van der Waals surface area contributed by atoms with Gasteiger partial charge in [-0.3, -0.25) is 4.90 Å². The lowest BCUT2D eigenvalue weighted by atomic mass is 9.60. The van der Waals surface area contributed by atoms with E-state index in [1.807, 2.05) is 36.4 Å². The molecule has 2 unspecified atom stereocenters. The minimum absolute atomic E-state index is 0.183. The Morgan fingerprint density at radius 2 is 1.33 bits per heavy atom. The summed E-state index contributed by atoms with van der Waals surface area (Å²) in [5.74, 6) is 0.183. The van der Waals surface area contributed by atoms with Crippen molar-refractivity contribution in [3.8, 4) is 6.07 Å². The third-order valence-electron chi connectivity index (χ3n) is 7.77. The molecule has 1 saturated carbocycles. The van der Waals surface area contributed by atoms with Crippen LogP contribution in [0.4, 0.5) is 13.2 Å². The molecule has 0 aliphatic heterocycles. The zero-order valence-corrected chi connectivity index (χ0v) is 20.7. The molecular weight excluding hydrogens is 457 g/mol. The third-order valence-corrected chi connectivity index (χ3v) is 7.77. The molecule has 188 valence electrons. The molecule has 3 aromatic carbocycles. The Bertz CT molecular complexity index is 1090. The fourth-order valence-electron chi connectivity index (χ4n) is 5.28. The van der Waals surface area contributed by atoms with E-state index < -0.39 is 17.2 Å². The quantitative estimate of drug-likeness (QED) is 0.287. The molecule has 0 bridgehead atoms. The van der Waals surface area contributed by atoms with Crippen molar-refractivity contribution in [2.45, 2.75) is 69.8 Å². The molecule has 0 heterocycles. The highest BCUT2D eigenvalue weighted by molar-refractivity contribution is 5.37. The van der Waals surface area contributed by atoms with Crippen molar-refractivity contribution >= 4 is 0 Å². The van der Waals surface area contributed by atoms with Crippen molar-refractivity contribution in [2.75, 3.05) is 0 Å². The average molecular weight is 491 g/mol. The molecule has 1 fully saturated rings. The number of hydrogen-bond donors (Lipinski definition) is 0. The summed E-state index contributed by atoms with van der Waals surface area (Å²) >= 11 is 0. The van der Waals surface area contributed by atoms with Crippen molar-refractivity contribution in [3.05, 3.63) is 107 Å². The number of nitriles is 1. The highest BCUT2D eigenvalue weighted by atomic mass is 19.4. The van der Waals surface area contributed by atoms with Crippen LogP contribution in [0.15, 0.2) is 84.9 Å². The number of halogens is 3. The standard InChI is InChI=1S/C31H33F3N2/c1-24(36(21-25-9-4-2-5-10-25)22-26-11-6-3-7-12-26)19-20-30(23-35,27-13-8-14-27)28-15-17-29(18-16-28)31(32,33)34/h2-7,9-12,15-18,24,27H,8,13-14,19-22H2,1H3. The Balaban J connectivity index is 1.56. The van der Waals surface area contributed by atoms with Crippen LogP contribution in [0.1, 0.15) is 61.3 Å². The molecule has 0 radical (unpaired) electrons. The van der Waals surface area contributed by atoms with Crippen molar-refractivity contribution in [1.82, 2.24) is 4.90 Å². The molecule has 4 rings (SSSR count). The van der Waals surface area contributed by atoms with E-state index in [4.69, 9.17) is 0 Å². The van der Waals surface area contributed by atoms with Gasteiger partial charge >= 0.3 is 6.18 Å². The monoisotopic (exact) mass is 490 g/mol. The van der Waals surface area contributed by atoms with Crippen molar-refractivity contribution in [3.63, 3.8) is 0 Å². The lowest BCUT2D eigenvalue weighted by Gasteiger charge is -2.42. The van der Waals surface area contributed by atoms with Gasteiger partial charge in [0, 0.05) is 19.1 Å². The van der Waals surface area contributed by atoms with E-state index in [-0.39, 0.29) is 12.0 Å². The summed E-state index contributed by atoms with van der Waals surface area (Å²) in [5.41, 5.74) is 1.74. The van der Waals surface area contributed by atoms with Crippen LogP contribution in [-0.2, 0) is 24.7 Å². The van der Waals surface area contributed by atoms with Gasteiger partial charge in [-0.2, -0.15) is 18.4 Å². The van der Waals surface area contributed by atoms with E-state index in [2.05, 4.69) is 42.2 Å². The summed E-state index contributed by atoms with van der Waals surface area (Å²) in [7, 11) is 0. The van der Waals surface area contributed by atoms with Crippen molar-refractivity contribution in [1.29, 1.82) is 5.26 Å². The third kappa shape index (κ3) is 5.99. The summed E-state index contributed by atoms with van der Waals surface area (Å²) < 4.78 is 39.5. The molecule has 2 nitrogen and oxygen atoms in total. The molecule has 1 aliphatic carbocycles. The van der Waals surface area contributed by atoms with E-state index in [0.29, 0.717) is 12.0 Å². The van der Waals surface area contributed by atoms with E-state index in [9.17, 15) is 18.4 Å². The predicted molar refractivity (Wildman–Crippen MR) is 137 cm³/mol. The fourth-order valence-corrected chi connectivity index (χ4v) is 5.28. The molecule has 0 amide bonds. The maximum atomic E-state index is 13.2. The van der Waals surface area contributed by atoms with Crippen molar-refractivity contribution < 1.29 is 13.2 Å². The average Bonchev–Trinajstić information content (AvgIpc) is 2.85. The molecule has 2 atom stereocenters. The molecule has 0 saturated heterocycles. The second-order valence-corrected chi connectivity index (χ2v) is 10.0. The second-order valence-electron chi connectivity index (χ2n) is 10.0. The van der Waals surface area contributed by atoms with Crippen LogP contribution >= 0.6 is 0 Å². The van der Waals surface area contributed by atoms with Crippen LogP contribution in [0.5, 0.6) is 0 Å². The molecule has 36 heavy (non-hydrogen) atoms. The minimum Gasteiger partial charge on any atom is -0.292 e. The highest BCUT2D eigenvalue weighted by Crippen LogP contribution is 2.47. The Morgan fingerprint density at radius 1 is 0.833 bits per heavy atom. The van der Waals surface area contributed by atoms with Crippen LogP contribution in [0.3, 0.4) is 0 Å². The van der Waals surface area contributed by atoms with E-state index in [1.54, 1.807) is 0 Å². The Labute approximate surface area is 212 Å². The van der Waals surface area contributed by atoms with Gasteiger partial charge in [0.1, 0.15) is 0 Å². The molecule has 1 aliphatic rings. The number of hydrogen-bond acceptors (Lipinski definition) is 2. The SMILES string of the molecule is CC(CCC(C#N)(c1ccc(C(F)(F)F)cc1)C1CCC1)N(Cc1ccccc1)Cc1ccccc1. The van der Waals surface area contributed by atoms with Gasteiger partial charge in [-0.15, -0.1) is 0 Å². The van der Waals surface area contributed by atoms with Gasteiger partial charge < -0.3 is 0 Å². The first-order chi connectivity index (χ1) is 17.3.